The molecular weight excluding hydrogens is 254 g/mol. The number of nitrogens with zero attached hydrogens (tertiary/aromatic N) is 1. The van der Waals surface area contributed by atoms with E-state index in [0.29, 0.717) is 6.54 Å². The fourth-order valence-electron chi connectivity index (χ4n) is 3.04. The molecule has 2 N–H and O–H groups in total. The maximum atomic E-state index is 10.9. The quantitative estimate of drug-likeness (QED) is 0.864. The summed E-state index contributed by atoms with van der Waals surface area (Å²) < 4.78 is 0. The van der Waals surface area contributed by atoms with Crippen LogP contribution in [0.4, 0.5) is 0 Å². The van der Waals surface area contributed by atoms with Gasteiger partial charge in [0.1, 0.15) is 0 Å². The number of aliphatic hydroxyl groups excluding tert-OH is 1. The summed E-state index contributed by atoms with van der Waals surface area (Å²) in [5.41, 5.74) is 1.90. The topological polar surface area (TPSA) is 60.8 Å². The van der Waals surface area contributed by atoms with E-state index in [1.807, 2.05) is 31.3 Å². The third-order valence-electron chi connectivity index (χ3n) is 4.14. The number of hydrogen-bond acceptors (Lipinski definition) is 3. The van der Waals surface area contributed by atoms with Gasteiger partial charge in [0.25, 0.3) is 0 Å². The van der Waals surface area contributed by atoms with E-state index in [4.69, 9.17) is 5.11 Å². The van der Waals surface area contributed by atoms with Crippen molar-refractivity contribution in [2.45, 2.75) is 50.8 Å². The van der Waals surface area contributed by atoms with Gasteiger partial charge in [-0.25, -0.2) is 0 Å². The van der Waals surface area contributed by atoms with E-state index in [1.165, 1.54) is 0 Å². The summed E-state index contributed by atoms with van der Waals surface area (Å²) >= 11 is 0. The summed E-state index contributed by atoms with van der Waals surface area (Å²) in [6, 6.07) is 7.84. The van der Waals surface area contributed by atoms with E-state index in [2.05, 4.69) is 4.90 Å². The van der Waals surface area contributed by atoms with Crippen LogP contribution in [0.1, 0.15) is 36.8 Å². The molecule has 0 aliphatic heterocycles. The third-order valence-corrected chi connectivity index (χ3v) is 4.14. The molecule has 4 nitrogen and oxygen atoms in total. The zero-order chi connectivity index (χ0) is 14.5. The summed E-state index contributed by atoms with van der Waals surface area (Å²) in [5.74, 6) is -0.808. The lowest BCUT2D eigenvalue weighted by molar-refractivity contribution is -0.136. The second-order valence-corrected chi connectivity index (χ2v) is 5.67. The maximum absolute atomic E-state index is 10.9. The molecule has 0 saturated heterocycles. The first kappa shape index (κ1) is 15.0. The van der Waals surface area contributed by atoms with Crippen molar-refractivity contribution in [1.29, 1.82) is 0 Å². The highest BCUT2D eigenvalue weighted by molar-refractivity contribution is 5.70. The van der Waals surface area contributed by atoms with E-state index >= 15 is 0 Å². The van der Waals surface area contributed by atoms with Crippen LogP contribution < -0.4 is 0 Å². The Hall–Kier alpha value is -1.39. The first-order valence-electron chi connectivity index (χ1n) is 7.25. The molecule has 0 heterocycles. The minimum Gasteiger partial charge on any atom is -0.481 e. The number of aliphatic hydroxyl groups is 1. The lowest BCUT2D eigenvalue weighted by Gasteiger charge is -2.35. The second kappa shape index (κ2) is 6.86. The Morgan fingerprint density at radius 3 is 2.55 bits per heavy atom. The Balaban J connectivity index is 2.06. The molecule has 0 amide bonds. The number of benzene rings is 1. The van der Waals surface area contributed by atoms with Crippen LogP contribution in [0.25, 0.3) is 0 Å². The van der Waals surface area contributed by atoms with Crippen molar-refractivity contribution in [2.75, 3.05) is 7.05 Å². The fourth-order valence-corrected chi connectivity index (χ4v) is 3.04. The molecule has 4 heteroatoms. The standard InChI is InChI=1S/C16H23NO3/c1-17(14-8-4-5-9-15(14)18)11-13-7-3-2-6-12(13)10-16(19)20/h2-3,6-7,14-15,18H,4-5,8-11H2,1H3,(H,19,20). The molecule has 1 saturated carbocycles. The Bertz CT molecular complexity index is 461. The molecule has 0 radical (unpaired) electrons. The smallest absolute Gasteiger partial charge is 0.307 e. The molecule has 2 atom stereocenters. The van der Waals surface area contributed by atoms with Gasteiger partial charge < -0.3 is 10.2 Å². The largest absolute Gasteiger partial charge is 0.481 e. The Morgan fingerprint density at radius 2 is 1.90 bits per heavy atom. The molecule has 0 bridgehead atoms. The van der Waals surface area contributed by atoms with Crippen molar-refractivity contribution < 1.29 is 15.0 Å². The number of rotatable bonds is 5. The normalized spacial score (nSPS) is 22.9. The highest BCUT2D eigenvalue weighted by Crippen LogP contribution is 2.24. The van der Waals surface area contributed by atoms with Gasteiger partial charge in [0.15, 0.2) is 0 Å². The number of carboxylic acid groups (broad SMARTS) is 1. The van der Waals surface area contributed by atoms with Crippen LogP contribution in [0.15, 0.2) is 24.3 Å². The van der Waals surface area contributed by atoms with Crippen LogP contribution in [0, 0.1) is 0 Å². The number of carboxylic acids is 1. The van der Waals surface area contributed by atoms with E-state index in [9.17, 15) is 9.90 Å². The minimum absolute atomic E-state index is 0.0528. The van der Waals surface area contributed by atoms with Gasteiger partial charge in [-0.05, 0) is 31.0 Å². The fraction of sp³-hybridized carbons (Fsp3) is 0.562. The zero-order valence-corrected chi connectivity index (χ0v) is 12.0. The molecule has 1 aromatic rings. The van der Waals surface area contributed by atoms with Crippen molar-refractivity contribution in [3.05, 3.63) is 35.4 Å². The summed E-state index contributed by atoms with van der Waals surface area (Å²) in [5, 5.41) is 19.1. The van der Waals surface area contributed by atoms with Gasteiger partial charge in [-0.1, -0.05) is 37.1 Å². The van der Waals surface area contributed by atoms with Gasteiger partial charge in [0.2, 0.25) is 0 Å². The van der Waals surface area contributed by atoms with Crippen molar-refractivity contribution >= 4 is 5.97 Å². The molecule has 0 aromatic heterocycles. The number of aliphatic carboxylic acids is 1. The first-order chi connectivity index (χ1) is 9.58. The van der Waals surface area contributed by atoms with Crippen LogP contribution >= 0.6 is 0 Å². The molecular formula is C16H23NO3. The van der Waals surface area contributed by atoms with Crippen molar-refractivity contribution in [3.63, 3.8) is 0 Å². The van der Waals surface area contributed by atoms with Gasteiger partial charge in [0, 0.05) is 12.6 Å². The molecule has 1 aliphatic carbocycles. The van der Waals surface area contributed by atoms with Gasteiger partial charge in [-0.3, -0.25) is 9.69 Å². The molecule has 1 aromatic carbocycles. The van der Waals surface area contributed by atoms with Crippen LogP contribution in [0.2, 0.25) is 0 Å². The predicted molar refractivity (Wildman–Crippen MR) is 77.5 cm³/mol. The van der Waals surface area contributed by atoms with Crippen molar-refractivity contribution in [1.82, 2.24) is 4.90 Å². The molecule has 20 heavy (non-hydrogen) atoms. The summed E-state index contributed by atoms with van der Waals surface area (Å²) in [6.07, 6.45) is 3.92. The SMILES string of the molecule is CN(Cc1ccccc1CC(=O)O)C1CCCCC1O. The highest BCUT2D eigenvalue weighted by atomic mass is 16.4. The molecule has 1 fully saturated rings. The average molecular weight is 277 g/mol. The maximum Gasteiger partial charge on any atom is 0.307 e. The Morgan fingerprint density at radius 1 is 1.25 bits per heavy atom. The second-order valence-electron chi connectivity index (χ2n) is 5.67. The van der Waals surface area contributed by atoms with Gasteiger partial charge in [-0.2, -0.15) is 0 Å². The average Bonchev–Trinajstić information content (AvgIpc) is 2.41. The number of carbonyl (C=O) groups is 1. The molecule has 110 valence electrons. The van der Waals surface area contributed by atoms with Crippen LogP contribution in [0.5, 0.6) is 0 Å². The van der Waals surface area contributed by atoms with E-state index in [-0.39, 0.29) is 18.6 Å². The van der Waals surface area contributed by atoms with Crippen LogP contribution in [-0.2, 0) is 17.8 Å². The summed E-state index contributed by atoms with van der Waals surface area (Å²) in [7, 11) is 2.01. The van der Waals surface area contributed by atoms with E-state index in [0.717, 1.165) is 36.8 Å². The number of likely N-dealkylation sites (N-methyl/N-ethyl adjacent to an activating group) is 1. The third kappa shape index (κ3) is 3.81. The van der Waals surface area contributed by atoms with Crippen molar-refractivity contribution in [3.8, 4) is 0 Å². The predicted octanol–water partition coefficient (Wildman–Crippen LogP) is 2.05. The van der Waals surface area contributed by atoms with Gasteiger partial charge in [-0.15, -0.1) is 0 Å². The molecule has 1 aliphatic rings. The highest BCUT2D eigenvalue weighted by Gasteiger charge is 2.26. The van der Waals surface area contributed by atoms with Crippen molar-refractivity contribution in [2.24, 2.45) is 0 Å². The van der Waals surface area contributed by atoms with E-state index in [1.54, 1.807) is 0 Å². The van der Waals surface area contributed by atoms with E-state index < -0.39 is 5.97 Å². The molecule has 2 rings (SSSR count). The summed E-state index contributed by atoms with van der Waals surface area (Å²) in [4.78, 5) is 13.1. The zero-order valence-electron chi connectivity index (χ0n) is 12.0. The summed E-state index contributed by atoms with van der Waals surface area (Å²) in [6.45, 7) is 0.686. The Labute approximate surface area is 120 Å². The first-order valence-corrected chi connectivity index (χ1v) is 7.25. The van der Waals surface area contributed by atoms with Crippen LogP contribution in [0.3, 0.4) is 0 Å². The van der Waals surface area contributed by atoms with Gasteiger partial charge in [0.05, 0.1) is 12.5 Å². The number of hydrogen-bond donors (Lipinski definition) is 2. The molecule has 2 unspecified atom stereocenters. The van der Waals surface area contributed by atoms with Crippen LogP contribution in [-0.4, -0.2) is 40.3 Å². The van der Waals surface area contributed by atoms with Gasteiger partial charge >= 0.3 is 5.97 Å². The monoisotopic (exact) mass is 277 g/mol. The Kier molecular flexibility index (Phi) is 5.15. The molecule has 0 spiro atoms. The lowest BCUT2D eigenvalue weighted by atomic mass is 9.91. The lowest BCUT2D eigenvalue weighted by Crippen LogP contribution is -2.43. The minimum atomic E-state index is -0.808.